The highest BCUT2D eigenvalue weighted by Gasteiger charge is 2.25. The van der Waals surface area contributed by atoms with E-state index in [1.165, 1.54) is 33.9 Å². The molecule has 0 atom stereocenters. The van der Waals surface area contributed by atoms with Crippen LogP contribution in [-0.4, -0.2) is 45.3 Å². The highest BCUT2D eigenvalue weighted by Crippen LogP contribution is 2.25. The Morgan fingerprint density at radius 3 is 2.64 bits per heavy atom. The van der Waals surface area contributed by atoms with Gasteiger partial charge in [-0.2, -0.15) is 0 Å². The van der Waals surface area contributed by atoms with Crippen LogP contribution >= 0.6 is 11.3 Å². The van der Waals surface area contributed by atoms with Gasteiger partial charge in [0.15, 0.2) is 5.69 Å². The Morgan fingerprint density at radius 2 is 2.00 bits per heavy atom. The van der Waals surface area contributed by atoms with E-state index in [0.29, 0.717) is 10.2 Å². The zero-order valence-electron chi connectivity index (χ0n) is 19.3. The largest absolute Gasteiger partial charge is 0.383 e. The maximum atomic E-state index is 13.3. The molecule has 0 saturated heterocycles. The highest BCUT2D eigenvalue weighted by molar-refractivity contribution is 7.18. The highest BCUT2D eigenvalue weighted by atomic mass is 32.1. The van der Waals surface area contributed by atoms with Crippen LogP contribution in [0.4, 0.5) is 11.5 Å². The Hall–Kier alpha value is -3.25. The van der Waals surface area contributed by atoms with Crippen molar-refractivity contribution >= 4 is 39.0 Å². The van der Waals surface area contributed by atoms with Crippen LogP contribution < -0.4 is 27.4 Å². The van der Waals surface area contributed by atoms with Crippen molar-refractivity contribution in [3.05, 3.63) is 48.0 Å². The first-order chi connectivity index (χ1) is 15.6. The van der Waals surface area contributed by atoms with E-state index >= 15 is 0 Å². The maximum Gasteiger partial charge on any atom is 0.330 e. The third-order valence-corrected chi connectivity index (χ3v) is 6.43. The standard InChI is InChI=1S/C21H28N6O5S/c1-11(2)8-27-17(22)16(18(29)24-21(27)31)26(6-7-32-5)14(28)9-25-10-23-19-15(20(25)30)12(3)13(4)33-19/h10-11H,6-9,22H2,1-5H3,(H,24,29,31). The average Bonchev–Trinajstić information content (AvgIpc) is 3.03. The number of methoxy groups -OCH3 is 1. The number of ether oxygens (including phenoxy) is 1. The van der Waals surface area contributed by atoms with Gasteiger partial charge in [0.25, 0.3) is 11.1 Å². The third kappa shape index (κ3) is 4.76. The molecule has 1 amide bonds. The van der Waals surface area contributed by atoms with E-state index in [9.17, 15) is 19.2 Å². The van der Waals surface area contributed by atoms with E-state index in [1.54, 1.807) is 0 Å². The molecule has 0 fully saturated rings. The quantitative estimate of drug-likeness (QED) is 0.490. The van der Waals surface area contributed by atoms with Crippen molar-refractivity contribution in [3.63, 3.8) is 0 Å². The Kier molecular flexibility index (Phi) is 7.18. The summed E-state index contributed by atoms with van der Waals surface area (Å²) in [6.07, 6.45) is 1.32. The monoisotopic (exact) mass is 476 g/mol. The van der Waals surface area contributed by atoms with E-state index < -0.39 is 17.2 Å². The number of hydrogen-bond acceptors (Lipinski definition) is 8. The molecule has 3 N–H and O–H groups in total. The first kappa shape index (κ1) is 24.4. The van der Waals surface area contributed by atoms with Crippen molar-refractivity contribution in [1.29, 1.82) is 0 Å². The molecule has 0 unspecified atom stereocenters. The molecule has 0 aliphatic rings. The van der Waals surface area contributed by atoms with Crippen LogP contribution in [0.2, 0.25) is 0 Å². The number of nitrogens with one attached hydrogen (secondary N) is 1. The van der Waals surface area contributed by atoms with Gasteiger partial charge < -0.3 is 15.4 Å². The summed E-state index contributed by atoms with van der Waals surface area (Å²) < 4.78 is 7.53. The number of H-pyrrole nitrogens is 1. The van der Waals surface area contributed by atoms with E-state index in [-0.39, 0.29) is 49.2 Å². The molecule has 0 radical (unpaired) electrons. The number of thiophene rings is 1. The number of anilines is 2. The zero-order valence-corrected chi connectivity index (χ0v) is 20.1. The number of hydrogen-bond donors (Lipinski definition) is 2. The Bertz CT molecular complexity index is 1370. The van der Waals surface area contributed by atoms with Crippen LogP contribution in [0.1, 0.15) is 24.3 Å². The molecule has 3 rings (SSSR count). The number of carbonyl (C=O) groups is 1. The molecule has 3 heterocycles. The SMILES string of the molecule is COCCN(C(=O)Cn1cnc2sc(C)c(C)c2c1=O)c1c(N)n(CC(C)C)c(=O)[nH]c1=O. The second kappa shape index (κ2) is 9.71. The Balaban J connectivity index is 2.07. The topological polar surface area (TPSA) is 145 Å². The third-order valence-electron chi connectivity index (χ3n) is 5.31. The molecule has 0 spiro atoms. The van der Waals surface area contributed by atoms with E-state index in [4.69, 9.17) is 10.5 Å². The minimum atomic E-state index is -0.785. The number of carbonyl (C=O) groups excluding carboxylic acids is 1. The predicted octanol–water partition coefficient (Wildman–Crippen LogP) is 0.843. The molecule has 0 saturated carbocycles. The molecule has 11 nitrogen and oxygen atoms in total. The lowest BCUT2D eigenvalue weighted by Crippen LogP contribution is -2.44. The second-order valence-corrected chi connectivity index (χ2v) is 9.38. The summed E-state index contributed by atoms with van der Waals surface area (Å²) in [5, 5.41) is 0.471. The zero-order chi connectivity index (χ0) is 24.4. The van der Waals surface area contributed by atoms with Crippen LogP contribution in [-0.2, 0) is 22.6 Å². The van der Waals surface area contributed by atoms with Gasteiger partial charge in [0.1, 0.15) is 17.2 Å². The molecule has 3 aromatic rings. The minimum absolute atomic E-state index is 0.00348. The fourth-order valence-corrected chi connectivity index (χ4v) is 4.53. The van der Waals surface area contributed by atoms with Crippen LogP contribution in [0.3, 0.4) is 0 Å². The Morgan fingerprint density at radius 1 is 1.30 bits per heavy atom. The maximum absolute atomic E-state index is 13.3. The van der Waals surface area contributed by atoms with Gasteiger partial charge in [-0.25, -0.2) is 9.78 Å². The smallest absolute Gasteiger partial charge is 0.330 e. The molecular formula is C21H28N6O5S. The van der Waals surface area contributed by atoms with E-state index in [1.807, 2.05) is 27.7 Å². The molecule has 178 valence electrons. The predicted molar refractivity (Wildman–Crippen MR) is 128 cm³/mol. The van der Waals surface area contributed by atoms with Crippen LogP contribution in [0.15, 0.2) is 20.7 Å². The second-order valence-electron chi connectivity index (χ2n) is 8.18. The number of fused-ring (bicyclic) bond motifs is 1. The van der Waals surface area contributed by atoms with Crippen molar-refractivity contribution in [2.75, 3.05) is 30.9 Å². The van der Waals surface area contributed by atoms with Gasteiger partial charge in [0, 0.05) is 25.1 Å². The summed E-state index contributed by atoms with van der Waals surface area (Å²) in [5.41, 5.74) is 5.09. The number of aromatic amines is 1. The van der Waals surface area contributed by atoms with Gasteiger partial charge in [-0.1, -0.05) is 13.8 Å². The van der Waals surface area contributed by atoms with Gasteiger partial charge in [0.05, 0.1) is 18.3 Å². The first-order valence-corrected chi connectivity index (χ1v) is 11.3. The molecule has 0 aromatic carbocycles. The fraction of sp³-hybridized carbons (Fsp3) is 0.476. The molecule has 3 aromatic heterocycles. The van der Waals surface area contributed by atoms with Crippen molar-refractivity contribution in [3.8, 4) is 0 Å². The number of aromatic nitrogens is 4. The number of rotatable bonds is 8. The van der Waals surface area contributed by atoms with Crippen LogP contribution in [0.5, 0.6) is 0 Å². The van der Waals surface area contributed by atoms with Gasteiger partial charge in [-0.3, -0.25) is 28.5 Å². The summed E-state index contributed by atoms with van der Waals surface area (Å²) in [4.78, 5) is 60.6. The molecule has 0 aliphatic heterocycles. The van der Waals surface area contributed by atoms with Gasteiger partial charge in [-0.05, 0) is 25.3 Å². The van der Waals surface area contributed by atoms with Crippen molar-refractivity contribution in [2.24, 2.45) is 5.92 Å². The number of nitrogen functional groups attached to an aromatic ring is 1. The lowest BCUT2D eigenvalue weighted by atomic mass is 10.2. The first-order valence-electron chi connectivity index (χ1n) is 10.4. The minimum Gasteiger partial charge on any atom is -0.383 e. The summed E-state index contributed by atoms with van der Waals surface area (Å²) >= 11 is 1.42. The summed E-state index contributed by atoms with van der Waals surface area (Å²) in [7, 11) is 1.46. The summed E-state index contributed by atoms with van der Waals surface area (Å²) in [5.74, 6) is -0.612. The van der Waals surface area contributed by atoms with Gasteiger partial charge >= 0.3 is 5.69 Å². The van der Waals surface area contributed by atoms with Crippen molar-refractivity contribution in [1.82, 2.24) is 19.1 Å². The lowest BCUT2D eigenvalue weighted by Gasteiger charge is -2.25. The number of amides is 1. The van der Waals surface area contributed by atoms with E-state index in [0.717, 1.165) is 15.3 Å². The summed E-state index contributed by atoms with van der Waals surface area (Å²) in [6, 6.07) is 0. The van der Waals surface area contributed by atoms with Crippen LogP contribution in [0.25, 0.3) is 10.2 Å². The molecular weight excluding hydrogens is 448 g/mol. The van der Waals surface area contributed by atoms with E-state index in [2.05, 4.69) is 9.97 Å². The van der Waals surface area contributed by atoms with Crippen LogP contribution in [0, 0.1) is 19.8 Å². The Labute approximate surface area is 193 Å². The van der Waals surface area contributed by atoms with Crippen molar-refractivity contribution in [2.45, 2.75) is 40.8 Å². The number of nitrogens with zero attached hydrogens (tertiary/aromatic N) is 4. The molecule has 12 heteroatoms. The number of aryl methyl sites for hydroxylation is 2. The molecule has 0 aliphatic carbocycles. The lowest BCUT2D eigenvalue weighted by molar-refractivity contribution is -0.119. The van der Waals surface area contributed by atoms with Gasteiger partial charge in [0.2, 0.25) is 5.91 Å². The fourth-order valence-electron chi connectivity index (χ4n) is 3.54. The average molecular weight is 477 g/mol. The summed E-state index contributed by atoms with van der Waals surface area (Å²) in [6.45, 7) is 7.56. The van der Waals surface area contributed by atoms with Crippen molar-refractivity contribution < 1.29 is 9.53 Å². The normalized spacial score (nSPS) is 11.5. The molecule has 0 bridgehead atoms. The molecule has 33 heavy (non-hydrogen) atoms. The van der Waals surface area contributed by atoms with Gasteiger partial charge in [-0.15, -0.1) is 11.3 Å². The number of nitrogens with two attached hydrogens (primary N) is 1.